The number of rotatable bonds is 4. The van der Waals surface area contributed by atoms with Crippen LogP contribution in [-0.2, 0) is 11.3 Å². The molecule has 3 heterocycles. The molecule has 0 saturated carbocycles. The Labute approximate surface area is 122 Å². The van der Waals surface area contributed by atoms with Crippen molar-refractivity contribution >= 4 is 11.6 Å². The molecule has 6 heteroatoms. The third-order valence-corrected chi connectivity index (χ3v) is 3.63. The van der Waals surface area contributed by atoms with E-state index >= 15 is 0 Å². The zero-order valence-electron chi connectivity index (χ0n) is 11.3. The Hall–Kier alpha value is -1.59. The molecule has 2 aromatic rings. The third kappa shape index (κ3) is 2.94. The molecule has 2 aromatic heterocycles. The average Bonchev–Trinajstić information content (AvgIpc) is 3.08. The summed E-state index contributed by atoms with van der Waals surface area (Å²) in [4.78, 5) is 4.06. The van der Waals surface area contributed by atoms with Crippen LogP contribution in [0.3, 0.4) is 0 Å². The van der Waals surface area contributed by atoms with Crippen molar-refractivity contribution in [2.75, 3.05) is 20.3 Å². The van der Waals surface area contributed by atoms with Gasteiger partial charge in [-0.2, -0.15) is 5.10 Å². The Morgan fingerprint density at radius 2 is 2.40 bits per heavy atom. The highest BCUT2D eigenvalue weighted by molar-refractivity contribution is 6.29. The van der Waals surface area contributed by atoms with E-state index in [2.05, 4.69) is 16.3 Å². The van der Waals surface area contributed by atoms with E-state index in [0.29, 0.717) is 23.5 Å². The quantitative estimate of drug-likeness (QED) is 0.813. The van der Waals surface area contributed by atoms with E-state index in [0.717, 1.165) is 25.2 Å². The summed E-state index contributed by atoms with van der Waals surface area (Å²) in [5.41, 5.74) is 2.24. The Kier molecular flexibility index (Phi) is 3.89. The molecule has 5 nitrogen and oxygen atoms in total. The van der Waals surface area contributed by atoms with Crippen LogP contribution in [0, 0.1) is 0 Å². The normalized spacial score (nSPS) is 18.4. The van der Waals surface area contributed by atoms with Crippen molar-refractivity contribution < 1.29 is 9.47 Å². The summed E-state index contributed by atoms with van der Waals surface area (Å²) >= 11 is 5.97. The summed E-state index contributed by atoms with van der Waals surface area (Å²) in [6.45, 7) is 2.28. The van der Waals surface area contributed by atoms with Crippen molar-refractivity contribution in [2.24, 2.45) is 0 Å². The van der Waals surface area contributed by atoms with Crippen LogP contribution in [0.2, 0.25) is 5.15 Å². The second kappa shape index (κ2) is 5.81. The second-order valence-electron chi connectivity index (χ2n) is 4.87. The first-order valence-electron chi connectivity index (χ1n) is 6.55. The molecule has 0 N–H and O–H groups in total. The van der Waals surface area contributed by atoms with Gasteiger partial charge >= 0.3 is 0 Å². The van der Waals surface area contributed by atoms with E-state index in [1.807, 2.05) is 23.0 Å². The van der Waals surface area contributed by atoms with Crippen molar-refractivity contribution in [3.05, 3.63) is 40.8 Å². The van der Waals surface area contributed by atoms with Crippen LogP contribution in [0.5, 0.6) is 5.88 Å². The minimum atomic E-state index is 0.427. The maximum Gasteiger partial charge on any atom is 0.214 e. The molecule has 1 unspecified atom stereocenters. The first-order chi connectivity index (χ1) is 9.74. The lowest BCUT2D eigenvalue weighted by Crippen LogP contribution is -2.02. The summed E-state index contributed by atoms with van der Waals surface area (Å²) in [7, 11) is 1.58. The predicted octanol–water partition coefficient (Wildman–Crippen LogP) is 2.49. The van der Waals surface area contributed by atoms with Gasteiger partial charge in [-0.3, -0.25) is 4.68 Å². The topological polar surface area (TPSA) is 49.2 Å². The Morgan fingerprint density at radius 3 is 3.15 bits per heavy atom. The van der Waals surface area contributed by atoms with Crippen LogP contribution < -0.4 is 4.74 Å². The first-order valence-corrected chi connectivity index (χ1v) is 6.93. The summed E-state index contributed by atoms with van der Waals surface area (Å²) in [5.74, 6) is 0.989. The smallest absolute Gasteiger partial charge is 0.214 e. The van der Waals surface area contributed by atoms with Gasteiger partial charge in [0, 0.05) is 24.8 Å². The SMILES string of the molecule is COc1cc(Cn2cc(C3CCOC3)cn2)cc(Cl)n1. The van der Waals surface area contributed by atoms with Gasteiger partial charge in [0.2, 0.25) is 5.88 Å². The number of nitrogens with zero attached hydrogens (tertiary/aromatic N) is 3. The van der Waals surface area contributed by atoms with Crippen LogP contribution >= 0.6 is 11.6 Å². The first kappa shape index (κ1) is 13.4. The van der Waals surface area contributed by atoms with Gasteiger partial charge in [0.15, 0.2) is 0 Å². The van der Waals surface area contributed by atoms with Gasteiger partial charge in [-0.1, -0.05) is 11.6 Å². The minimum Gasteiger partial charge on any atom is -0.481 e. The Bertz CT molecular complexity index is 594. The van der Waals surface area contributed by atoms with Crippen LogP contribution in [0.25, 0.3) is 0 Å². The fourth-order valence-corrected chi connectivity index (χ4v) is 2.60. The molecule has 1 fully saturated rings. The molecule has 0 bridgehead atoms. The fraction of sp³-hybridized carbons (Fsp3) is 0.429. The summed E-state index contributed by atoms with van der Waals surface area (Å²) in [6.07, 6.45) is 5.06. The van der Waals surface area contributed by atoms with Crippen LogP contribution in [-0.4, -0.2) is 35.1 Å². The van der Waals surface area contributed by atoms with Gasteiger partial charge in [0.1, 0.15) is 5.15 Å². The molecule has 1 saturated heterocycles. The van der Waals surface area contributed by atoms with Gasteiger partial charge in [-0.15, -0.1) is 0 Å². The molecule has 1 aliphatic rings. The van der Waals surface area contributed by atoms with E-state index in [1.54, 1.807) is 7.11 Å². The number of ether oxygens (including phenoxy) is 2. The number of pyridine rings is 1. The van der Waals surface area contributed by atoms with Crippen LogP contribution in [0.4, 0.5) is 0 Å². The molecule has 20 heavy (non-hydrogen) atoms. The van der Waals surface area contributed by atoms with Crippen molar-refractivity contribution in [3.8, 4) is 5.88 Å². The molecule has 0 aliphatic carbocycles. The van der Waals surface area contributed by atoms with E-state index in [-0.39, 0.29) is 0 Å². The molecule has 3 rings (SSSR count). The summed E-state index contributed by atoms with van der Waals surface area (Å²) < 4.78 is 12.4. The van der Waals surface area contributed by atoms with E-state index < -0.39 is 0 Å². The van der Waals surface area contributed by atoms with Crippen molar-refractivity contribution in [1.82, 2.24) is 14.8 Å². The highest BCUT2D eigenvalue weighted by atomic mass is 35.5. The number of halogens is 1. The standard InChI is InChI=1S/C14H16ClN3O2/c1-19-14-5-10(4-13(15)17-14)7-18-8-12(6-16-18)11-2-3-20-9-11/h4-6,8,11H,2-3,7,9H2,1H3. The molecule has 0 spiro atoms. The van der Waals surface area contributed by atoms with Crippen LogP contribution in [0.15, 0.2) is 24.5 Å². The maximum absolute atomic E-state index is 5.97. The molecule has 0 radical (unpaired) electrons. The Morgan fingerprint density at radius 1 is 1.50 bits per heavy atom. The van der Waals surface area contributed by atoms with E-state index in [9.17, 15) is 0 Å². The molecule has 0 aromatic carbocycles. The van der Waals surface area contributed by atoms with Gasteiger partial charge in [-0.05, 0) is 23.6 Å². The zero-order chi connectivity index (χ0) is 13.9. The lowest BCUT2D eigenvalue weighted by atomic mass is 10.0. The Balaban J connectivity index is 1.75. The summed E-state index contributed by atoms with van der Waals surface area (Å²) in [5, 5.41) is 4.82. The lowest BCUT2D eigenvalue weighted by Gasteiger charge is -2.06. The van der Waals surface area contributed by atoms with Gasteiger partial charge in [0.25, 0.3) is 0 Å². The number of hydrogen-bond acceptors (Lipinski definition) is 4. The minimum absolute atomic E-state index is 0.427. The number of aromatic nitrogens is 3. The molecular formula is C14H16ClN3O2. The van der Waals surface area contributed by atoms with Crippen LogP contribution in [0.1, 0.15) is 23.5 Å². The van der Waals surface area contributed by atoms with E-state index in [1.165, 1.54) is 5.56 Å². The van der Waals surface area contributed by atoms with Gasteiger partial charge in [0.05, 0.1) is 26.5 Å². The number of hydrogen-bond donors (Lipinski definition) is 0. The second-order valence-corrected chi connectivity index (χ2v) is 5.26. The molecule has 1 aliphatic heterocycles. The predicted molar refractivity (Wildman–Crippen MR) is 75.3 cm³/mol. The fourth-order valence-electron chi connectivity index (χ4n) is 2.38. The monoisotopic (exact) mass is 293 g/mol. The van der Waals surface area contributed by atoms with E-state index in [4.69, 9.17) is 21.1 Å². The van der Waals surface area contributed by atoms with Crippen molar-refractivity contribution in [1.29, 1.82) is 0 Å². The largest absolute Gasteiger partial charge is 0.481 e. The molecule has 1 atom stereocenters. The zero-order valence-corrected chi connectivity index (χ0v) is 12.0. The van der Waals surface area contributed by atoms with Gasteiger partial charge < -0.3 is 9.47 Å². The highest BCUT2D eigenvalue weighted by Crippen LogP contribution is 2.25. The molecular weight excluding hydrogens is 278 g/mol. The number of methoxy groups -OCH3 is 1. The molecule has 106 valence electrons. The van der Waals surface area contributed by atoms with Gasteiger partial charge in [-0.25, -0.2) is 4.98 Å². The highest BCUT2D eigenvalue weighted by Gasteiger charge is 2.19. The average molecular weight is 294 g/mol. The maximum atomic E-state index is 5.97. The van der Waals surface area contributed by atoms with Crippen molar-refractivity contribution in [3.63, 3.8) is 0 Å². The van der Waals surface area contributed by atoms with Crippen molar-refractivity contribution in [2.45, 2.75) is 18.9 Å². The third-order valence-electron chi connectivity index (χ3n) is 3.44. The molecule has 0 amide bonds. The lowest BCUT2D eigenvalue weighted by molar-refractivity contribution is 0.194. The summed E-state index contributed by atoms with van der Waals surface area (Å²) in [6, 6.07) is 3.69.